The van der Waals surface area contributed by atoms with E-state index in [-0.39, 0.29) is 53.6 Å². The van der Waals surface area contributed by atoms with Crippen LogP contribution in [0.4, 0.5) is 4.79 Å². The number of nitrogens with one attached hydrogen (secondary N) is 1. The minimum Gasteiger partial charge on any atom is -0.445 e. The molecule has 180 valence electrons. The first-order valence-corrected chi connectivity index (χ1v) is 14.4. The molecule has 2 fully saturated rings. The lowest BCUT2D eigenvalue weighted by Gasteiger charge is -2.46. The molecule has 7 nitrogen and oxygen atoms in total. The molecule has 0 bridgehead atoms. The van der Waals surface area contributed by atoms with Crippen LogP contribution in [0.5, 0.6) is 0 Å². The van der Waals surface area contributed by atoms with Crippen molar-refractivity contribution in [3.05, 3.63) is 24.3 Å². The fraction of sp³-hybridized carbons (Fsp3) is 0.708. The van der Waals surface area contributed by atoms with E-state index >= 15 is 0 Å². The minimum absolute atomic E-state index is 0.0165. The topological polar surface area (TPSA) is 84.9 Å². The monoisotopic (exact) mass is 464 g/mol. The third-order valence-corrected chi connectivity index (χ3v) is 7.22. The summed E-state index contributed by atoms with van der Waals surface area (Å²) in [7, 11) is -1.20. The molecule has 2 saturated heterocycles. The zero-order chi connectivity index (χ0) is 24.1. The van der Waals surface area contributed by atoms with E-state index in [2.05, 4.69) is 45.8 Å². The number of hydrogen-bond donors (Lipinski definition) is 1. The number of ketones is 1. The van der Waals surface area contributed by atoms with E-state index in [1.54, 1.807) is 11.0 Å². The maximum absolute atomic E-state index is 12.9. The summed E-state index contributed by atoms with van der Waals surface area (Å²) in [6.45, 7) is 17.9. The van der Waals surface area contributed by atoms with Gasteiger partial charge in [-0.25, -0.2) is 4.79 Å². The molecule has 2 heterocycles. The largest absolute Gasteiger partial charge is 0.445 e. The summed E-state index contributed by atoms with van der Waals surface area (Å²) >= 11 is 0. The van der Waals surface area contributed by atoms with Crippen LogP contribution in [0.1, 0.15) is 40.5 Å². The number of rotatable bonds is 10. The molecule has 2 rings (SSSR count). The molecule has 4 atom stereocenters. The number of ether oxygens (including phenoxy) is 1. The number of carbonyl (C=O) groups excluding carboxylic acids is 3. The van der Waals surface area contributed by atoms with Gasteiger partial charge in [-0.05, 0) is 49.3 Å². The van der Waals surface area contributed by atoms with Crippen LogP contribution in [0.15, 0.2) is 24.3 Å². The van der Waals surface area contributed by atoms with E-state index in [0.29, 0.717) is 31.7 Å². The molecule has 0 spiro atoms. The number of carbonyl (C=O) groups is 3. The number of allylic oxidation sites excluding steroid dienone is 1. The van der Waals surface area contributed by atoms with Crippen molar-refractivity contribution >= 4 is 26.8 Å². The summed E-state index contributed by atoms with van der Waals surface area (Å²) in [5.74, 6) is 0.0513. The standard InChI is InChI=1S/C24H40N2O5Si/c1-8-11-30-23(29)26-10-9-17(14-26)12-16(2)20(27)13-19-21(22(28)25-19)18(24(3,4)5)15-31-32(6)7/h8,12,17-19,21,32H,1,9-11,13-15H2,2-7H3,(H,25,28)/t17?,18-,19-,21+/m1/s1. The maximum atomic E-state index is 12.9. The Kier molecular flexibility index (Phi) is 9.27. The summed E-state index contributed by atoms with van der Waals surface area (Å²) in [6, 6.07) is -0.158. The van der Waals surface area contributed by atoms with Crippen LogP contribution in [0.25, 0.3) is 0 Å². The Morgan fingerprint density at radius 3 is 2.59 bits per heavy atom. The van der Waals surface area contributed by atoms with E-state index in [1.165, 1.54) is 0 Å². The number of β-lactam (4-membered cyclic amide) rings is 1. The van der Waals surface area contributed by atoms with Gasteiger partial charge in [0, 0.05) is 32.2 Å². The van der Waals surface area contributed by atoms with E-state index in [1.807, 2.05) is 13.0 Å². The Balaban J connectivity index is 1.96. The van der Waals surface area contributed by atoms with Crippen molar-refractivity contribution in [3.8, 4) is 0 Å². The van der Waals surface area contributed by atoms with Gasteiger partial charge in [-0.1, -0.05) is 39.5 Å². The predicted octanol–water partition coefficient (Wildman–Crippen LogP) is 3.31. The quantitative estimate of drug-likeness (QED) is 0.232. The summed E-state index contributed by atoms with van der Waals surface area (Å²) < 4.78 is 11.1. The number of nitrogens with zero attached hydrogens (tertiary/aromatic N) is 1. The van der Waals surface area contributed by atoms with Gasteiger partial charge in [-0.3, -0.25) is 9.59 Å². The predicted molar refractivity (Wildman–Crippen MR) is 128 cm³/mol. The molecule has 1 N–H and O–H groups in total. The highest BCUT2D eigenvalue weighted by Gasteiger charge is 2.49. The van der Waals surface area contributed by atoms with Crippen molar-refractivity contribution in [2.75, 3.05) is 26.3 Å². The van der Waals surface area contributed by atoms with Crippen molar-refractivity contribution in [3.63, 3.8) is 0 Å². The molecule has 2 aliphatic rings. The molecular weight excluding hydrogens is 424 g/mol. The van der Waals surface area contributed by atoms with Crippen LogP contribution in [-0.2, 0) is 18.8 Å². The van der Waals surface area contributed by atoms with Crippen molar-refractivity contribution in [1.29, 1.82) is 0 Å². The zero-order valence-electron chi connectivity index (χ0n) is 20.5. The third kappa shape index (κ3) is 7.03. The van der Waals surface area contributed by atoms with Crippen molar-refractivity contribution in [1.82, 2.24) is 10.2 Å². The molecule has 8 heteroatoms. The lowest BCUT2D eigenvalue weighted by molar-refractivity contribution is -0.143. The average Bonchev–Trinajstić information content (AvgIpc) is 3.16. The zero-order valence-corrected chi connectivity index (χ0v) is 21.6. The van der Waals surface area contributed by atoms with Crippen molar-refractivity contribution in [2.24, 2.45) is 23.2 Å². The summed E-state index contributed by atoms with van der Waals surface area (Å²) in [5, 5.41) is 2.95. The highest BCUT2D eigenvalue weighted by molar-refractivity contribution is 6.48. The van der Waals surface area contributed by atoms with Crippen molar-refractivity contribution < 1.29 is 23.5 Å². The molecule has 0 aliphatic carbocycles. The van der Waals surface area contributed by atoms with E-state index in [0.717, 1.165) is 6.42 Å². The van der Waals surface area contributed by atoms with Gasteiger partial charge in [0.25, 0.3) is 0 Å². The van der Waals surface area contributed by atoms with Gasteiger partial charge < -0.3 is 19.4 Å². The Labute approximate surface area is 194 Å². The molecular formula is C24H40N2O5Si. The summed E-state index contributed by atoms with van der Waals surface area (Å²) in [4.78, 5) is 39.0. The second-order valence-corrected chi connectivity index (χ2v) is 12.8. The molecule has 2 amide bonds. The lowest BCUT2D eigenvalue weighted by Crippen LogP contribution is -2.63. The van der Waals surface area contributed by atoms with E-state index < -0.39 is 9.04 Å². The van der Waals surface area contributed by atoms with Crippen LogP contribution < -0.4 is 5.32 Å². The van der Waals surface area contributed by atoms with Gasteiger partial charge in [-0.2, -0.15) is 0 Å². The van der Waals surface area contributed by atoms with Crippen LogP contribution >= 0.6 is 0 Å². The number of hydrogen-bond acceptors (Lipinski definition) is 5. The summed E-state index contributed by atoms with van der Waals surface area (Å²) in [5.41, 5.74) is 0.597. The highest BCUT2D eigenvalue weighted by atomic mass is 28.3. The SMILES string of the molecule is C=CCOC(=O)N1CCC(C=C(C)C(=O)C[C@H]2NC(=O)[C@H]2[C@@H](CO[SiH](C)C)C(C)(C)C)C1. The third-order valence-electron chi connectivity index (χ3n) is 6.36. The van der Waals surface area contributed by atoms with Crippen LogP contribution in [0, 0.1) is 23.2 Å². The summed E-state index contributed by atoms with van der Waals surface area (Å²) in [6.07, 6.45) is 4.26. The molecule has 0 saturated carbocycles. The molecule has 2 aliphatic heterocycles. The maximum Gasteiger partial charge on any atom is 0.410 e. The highest BCUT2D eigenvalue weighted by Crippen LogP contribution is 2.39. The van der Waals surface area contributed by atoms with Crippen LogP contribution in [0.2, 0.25) is 13.1 Å². The molecule has 32 heavy (non-hydrogen) atoms. The van der Waals surface area contributed by atoms with Gasteiger partial charge in [0.15, 0.2) is 14.8 Å². The van der Waals surface area contributed by atoms with Gasteiger partial charge in [-0.15, -0.1) is 0 Å². The fourth-order valence-electron chi connectivity index (χ4n) is 4.40. The van der Waals surface area contributed by atoms with Gasteiger partial charge >= 0.3 is 6.09 Å². The molecule has 0 aromatic carbocycles. The molecule has 0 aromatic rings. The first-order valence-electron chi connectivity index (χ1n) is 11.6. The lowest BCUT2D eigenvalue weighted by atomic mass is 9.66. The Bertz CT molecular complexity index is 743. The van der Waals surface area contributed by atoms with Gasteiger partial charge in [0.05, 0.1) is 5.92 Å². The number of likely N-dealkylation sites (tertiary alicyclic amines) is 1. The fourth-order valence-corrected chi connectivity index (χ4v) is 4.99. The Morgan fingerprint density at radius 1 is 1.34 bits per heavy atom. The first-order chi connectivity index (χ1) is 14.9. The number of Topliss-reactive ketones (excluding diaryl/α,β-unsaturated/α-hetero) is 1. The van der Waals surface area contributed by atoms with Crippen LogP contribution in [0.3, 0.4) is 0 Å². The Morgan fingerprint density at radius 2 is 2.03 bits per heavy atom. The second kappa shape index (κ2) is 11.3. The van der Waals surface area contributed by atoms with Gasteiger partial charge in [0.2, 0.25) is 5.91 Å². The van der Waals surface area contributed by atoms with E-state index in [9.17, 15) is 14.4 Å². The Hall–Kier alpha value is -1.93. The smallest absolute Gasteiger partial charge is 0.410 e. The van der Waals surface area contributed by atoms with Gasteiger partial charge in [0.1, 0.15) is 6.61 Å². The van der Waals surface area contributed by atoms with Crippen molar-refractivity contribution in [2.45, 2.75) is 59.7 Å². The van der Waals surface area contributed by atoms with Crippen LogP contribution in [-0.4, -0.2) is 64.1 Å². The molecule has 0 radical (unpaired) electrons. The molecule has 0 aromatic heterocycles. The number of amides is 2. The minimum atomic E-state index is -1.20. The molecule has 1 unspecified atom stereocenters. The average molecular weight is 465 g/mol. The first kappa shape index (κ1) is 26.3. The van der Waals surface area contributed by atoms with E-state index in [4.69, 9.17) is 9.16 Å². The second-order valence-electron chi connectivity index (χ2n) is 10.3. The normalized spacial score (nSPS) is 24.7.